The first-order valence-corrected chi connectivity index (χ1v) is 8.87. The molecule has 25 heavy (non-hydrogen) atoms. The molecule has 0 spiro atoms. The highest BCUT2D eigenvalue weighted by Gasteiger charge is 2.20. The van der Waals surface area contributed by atoms with E-state index in [1.807, 2.05) is 29.2 Å². The molecule has 1 fully saturated rings. The number of carbonyl (C=O) groups is 1. The first-order chi connectivity index (χ1) is 11.7. The van der Waals surface area contributed by atoms with Crippen molar-refractivity contribution in [2.24, 2.45) is 0 Å². The van der Waals surface area contributed by atoms with Crippen molar-refractivity contribution in [3.05, 3.63) is 70.7 Å². The predicted molar refractivity (Wildman–Crippen MR) is 106 cm³/mol. The van der Waals surface area contributed by atoms with Crippen molar-refractivity contribution in [2.75, 3.05) is 32.7 Å². The summed E-state index contributed by atoms with van der Waals surface area (Å²) in [4.78, 5) is 16.8. The minimum absolute atomic E-state index is 0. The Balaban J connectivity index is 0.00000225. The van der Waals surface area contributed by atoms with E-state index in [0.29, 0.717) is 11.4 Å². The second-order valence-electron chi connectivity index (χ2n) is 6.26. The van der Waals surface area contributed by atoms with Gasteiger partial charge in [-0.05, 0) is 29.7 Å². The van der Waals surface area contributed by atoms with Gasteiger partial charge in [0.15, 0.2) is 0 Å². The van der Waals surface area contributed by atoms with Crippen LogP contribution in [0.25, 0.3) is 0 Å². The summed E-state index contributed by atoms with van der Waals surface area (Å²) in [5.74, 6) is 0.208. The Morgan fingerprint density at radius 2 is 1.52 bits per heavy atom. The Hall–Kier alpha value is -1.55. The molecule has 2 aromatic rings. The lowest BCUT2D eigenvalue weighted by Crippen LogP contribution is -2.49. The van der Waals surface area contributed by atoms with Crippen LogP contribution in [-0.4, -0.2) is 48.4 Å². The first kappa shape index (κ1) is 19.8. The fourth-order valence-electron chi connectivity index (χ4n) is 3.04. The van der Waals surface area contributed by atoms with Crippen LogP contribution in [0.1, 0.15) is 11.1 Å². The van der Waals surface area contributed by atoms with E-state index in [4.69, 9.17) is 11.6 Å². The van der Waals surface area contributed by atoms with E-state index in [1.165, 1.54) is 5.56 Å². The number of hydrogen-bond acceptors (Lipinski definition) is 2. The highest BCUT2D eigenvalue weighted by molar-refractivity contribution is 6.30. The van der Waals surface area contributed by atoms with Gasteiger partial charge in [-0.1, -0.05) is 54.1 Å². The third kappa shape index (κ3) is 6.03. The van der Waals surface area contributed by atoms with E-state index in [1.54, 1.807) is 0 Å². The van der Waals surface area contributed by atoms with Crippen molar-refractivity contribution in [3.8, 4) is 0 Å². The smallest absolute Gasteiger partial charge is 0.227 e. The third-order valence-electron chi connectivity index (χ3n) is 4.55. The van der Waals surface area contributed by atoms with Gasteiger partial charge in [-0.3, -0.25) is 9.69 Å². The van der Waals surface area contributed by atoms with Gasteiger partial charge in [0.1, 0.15) is 0 Å². The summed E-state index contributed by atoms with van der Waals surface area (Å²) >= 11 is 5.89. The van der Waals surface area contributed by atoms with Crippen molar-refractivity contribution in [1.82, 2.24) is 9.80 Å². The predicted octanol–water partition coefficient (Wildman–Crippen LogP) is 3.69. The van der Waals surface area contributed by atoms with Crippen molar-refractivity contribution in [1.29, 1.82) is 0 Å². The van der Waals surface area contributed by atoms with E-state index in [2.05, 4.69) is 35.2 Å². The summed E-state index contributed by atoms with van der Waals surface area (Å²) in [7, 11) is 0. The number of hydrogen-bond donors (Lipinski definition) is 0. The molecule has 0 unspecified atom stereocenters. The first-order valence-electron chi connectivity index (χ1n) is 8.49. The molecule has 0 bridgehead atoms. The van der Waals surface area contributed by atoms with Crippen LogP contribution < -0.4 is 0 Å². The summed E-state index contributed by atoms with van der Waals surface area (Å²) in [6.45, 7) is 4.62. The van der Waals surface area contributed by atoms with Crippen molar-refractivity contribution >= 4 is 29.9 Å². The molecule has 134 valence electrons. The Morgan fingerprint density at radius 1 is 0.880 bits per heavy atom. The van der Waals surface area contributed by atoms with Crippen LogP contribution in [0.15, 0.2) is 54.6 Å². The Kier molecular flexibility index (Phi) is 7.76. The van der Waals surface area contributed by atoms with Gasteiger partial charge in [-0.15, -0.1) is 12.4 Å². The molecule has 1 aliphatic heterocycles. The molecule has 5 heteroatoms. The second kappa shape index (κ2) is 9.81. The van der Waals surface area contributed by atoms with E-state index in [-0.39, 0.29) is 18.3 Å². The van der Waals surface area contributed by atoms with Crippen molar-refractivity contribution < 1.29 is 4.79 Å². The van der Waals surface area contributed by atoms with E-state index >= 15 is 0 Å². The SMILES string of the molecule is Cl.O=C(Cc1ccc(Cl)cc1)N1CCN(CCc2ccccc2)CC1. The maximum Gasteiger partial charge on any atom is 0.227 e. The Morgan fingerprint density at radius 3 is 2.16 bits per heavy atom. The molecule has 2 aromatic carbocycles. The number of carbonyl (C=O) groups excluding carboxylic acids is 1. The Bertz CT molecular complexity index is 653. The number of benzene rings is 2. The molecular formula is C20H24Cl2N2O. The van der Waals surface area contributed by atoms with Crippen LogP contribution in [0.2, 0.25) is 5.02 Å². The Labute approximate surface area is 161 Å². The molecule has 3 rings (SSSR count). The van der Waals surface area contributed by atoms with Crippen LogP contribution in [0.4, 0.5) is 0 Å². The molecule has 1 aliphatic rings. The molecule has 0 radical (unpaired) electrons. The average Bonchev–Trinajstić information content (AvgIpc) is 2.63. The van der Waals surface area contributed by atoms with Crippen LogP contribution in [0.5, 0.6) is 0 Å². The number of piperazine rings is 1. The van der Waals surface area contributed by atoms with Crippen molar-refractivity contribution in [2.45, 2.75) is 12.8 Å². The number of halogens is 2. The summed E-state index contributed by atoms with van der Waals surface area (Å²) < 4.78 is 0. The second-order valence-corrected chi connectivity index (χ2v) is 6.70. The zero-order chi connectivity index (χ0) is 16.8. The standard InChI is InChI=1S/C20H23ClN2O.ClH/c21-19-8-6-18(7-9-19)16-20(24)23-14-12-22(13-15-23)11-10-17-4-2-1-3-5-17;/h1-9H,10-16H2;1H. The lowest BCUT2D eigenvalue weighted by atomic mass is 10.1. The summed E-state index contributed by atoms with van der Waals surface area (Å²) in [5, 5.41) is 0.707. The summed E-state index contributed by atoms with van der Waals surface area (Å²) in [5.41, 5.74) is 2.40. The van der Waals surface area contributed by atoms with Gasteiger partial charge in [0.05, 0.1) is 6.42 Å². The minimum atomic E-state index is 0. The highest BCUT2D eigenvalue weighted by Crippen LogP contribution is 2.12. The minimum Gasteiger partial charge on any atom is -0.340 e. The lowest BCUT2D eigenvalue weighted by Gasteiger charge is -2.34. The monoisotopic (exact) mass is 378 g/mol. The topological polar surface area (TPSA) is 23.6 Å². The lowest BCUT2D eigenvalue weighted by molar-refractivity contribution is -0.132. The largest absolute Gasteiger partial charge is 0.340 e. The van der Waals surface area contributed by atoms with Gasteiger partial charge in [0.25, 0.3) is 0 Å². The van der Waals surface area contributed by atoms with Gasteiger partial charge in [-0.2, -0.15) is 0 Å². The molecule has 0 aromatic heterocycles. The van der Waals surface area contributed by atoms with Gasteiger partial charge in [0, 0.05) is 37.7 Å². The molecule has 3 nitrogen and oxygen atoms in total. The molecule has 1 saturated heterocycles. The van der Waals surface area contributed by atoms with E-state index in [0.717, 1.165) is 44.7 Å². The summed E-state index contributed by atoms with van der Waals surface area (Å²) in [6.07, 6.45) is 1.53. The third-order valence-corrected chi connectivity index (χ3v) is 4.81. The van der Waals surface area contributed by atoms with E-state index in [9.17, 15) is 4.79 Å². The molecule has 0 atom stereocenters. The molecular weight excluding hydrogens is 355 g/mol. The van der Waals surface area contributed by atoms with Gasteiger partial charge >= 0.3 is 0 Å². The highest BCUT2D eigenvalue weighted by atomic mass is 35.5. The zero-order valence-electron chi connectivity index (χ0n) is 14.2. The maximum atomic E-state index is 12.4. The molecule has 1 heterocycles. The maximum absolute atomic E-state index is 12.4. The quantitative estimate of drug-likeness (QED) is 0.791. The summed E-state index contributed by atoms with van der Waals surface area (Å²) in [6, 6.07) is 18.1. The van der Waals surface area contributed by atoms with Gasteiger partial charge < -0.3 is 4.90 Å². The molecule has 0 N–H and O–H groups in total. The number of rotatable bonds is 5. The van der Waals surface area contributed by atoms with Crippen LogP contribution in [-0.2, 0) is 17.6 Å². The van der Waals surface area contributed by atoms with Crippen LogP contribution in [0, 0.1) is 0 Å². The van der Waals surface area contributed by atoms with Crippen LogP contribution >= 0.6 is 24.0 Å². The normalized spacial score (nSPS) is 14.8. The number of amides is 1. The van der Waals surface area contributed by atoms with Gasteiger partial charge in [0.2, 0.25) is 5.91 Å². The van der Waals surface area contributed by atoms with Crippen molar-refractivity contribution in [3.63, 3.8) is 0 Å². The van der Waals surface area contributed by atoms with E-state index < -0.39 is 0 Å². The fourth-order valence-corrected chi connectivity index (χ4v) is 3.17. The zero-order valence-corrected chi connectivity index (χ0v) is 15.8. The number of nitrogens with zero attached hydrogens (tertiary/aromatic N) is 2. The van der Waals surface area contributed by atoms with Crippen LogP contribution in [0.3, 0.4) is 0 Å². The van der Waals surface area contributed by atoms with Gasteiger partial charge in [-0.25, -0.2) is 0 Å². The fraction of sp³-hybridized carbons (Fsp3) is 0.350. The molecule has 1 amide bonds. The average molecular weight is 379 g/mol. The molecule has 0 aliphatic carbocycles. The molecule has 0 saturated carbocycles.